The van der Waals surface area contributed by atoms with Gasteiger partial charge in [0.2, 0.25) is 0 Å². The number of rotatable bonds is 6. The van der Waals surface area contributed by atoms with Gasteiger partial charge in [0.05, 0.1) is 0 Å². The smallest absolute Gasteiger partial charge is 0.130 e. The van der Waals surface area contributed by atoms with Crippen LogP contribution < -0.4 is 0 Å². The van der Waals surface area contributed by atoms with Crippen LogP contribution in [0.15, 0.2) is 120 Å². The van der Waals surface area contributed by atoms with E-state index in [1.165, 1.54) is 10.4 Å². The van der Waals surface area contributed by atoms with Crippen molar-refractivity contribution in [1.82, 2.24) is 0 Å². The van der Waals surface area contributed by atoms with Crippen molar-refractivity contribution in [2.24, 2.45) is 0 Å². The molecule has 1 aliphatic heterocycles. The Bertz CT molecular complexity index is 1840. The zero-order valence-corrected chi connectivity index (χ0v) is 24.8. The zero-order chi connectivity index (χ0) is 30.4. The molecule has 202 valence electrons. The third kappa shape index (κ3) is 5.63. The Morgan fingerprint density at radius 1 is 0.488 bits per heavy atom. The molecule has 0 aliphatic carbocycles. The summed E-state index contributed by atoms with van der Waals surface area (Å²) in [6.07, 6.45) is 3.25. The number of benzene rings is 4. The summed E-state index contributed by atoms with van der Waals surface area (Å²) in [6, 6.07) is 44.8. The number of hydrogen-bond acceptors (Lipinski definition) is 4. The third-order valence-corrected chi connectivity index (χ3v) is 11.2. The van der Waals surface area contributed by atoms with Crippen molar-refractivity contribution < 1.29 is 0 Å². The van der Waals surface area contributed by atoms with Crippen molar-refractivity contribution in [2.45, 2.75) is 13.1 Å². The first-order valence-electron chi connectivity index (χ1n) is 13.8. The Morgan fingerprint density at radius 3 is 1.19 bits per heavy atom. The van der Waals surface area contributed by atoms with E-state index in [9.17, 15) is 21.0 Å². The molecule has 0 amide bonds. The summed E-state index contributed by atoms with van der Waals surface area (Å²) in [5.41, 5.74) is 8.34. The first-order valence-corrected chi connectivity index (χ1v) is 16.8. The number of allylic oxidation sites excluding steroid dienone is 4. The van der Waals surface area contributed by atoms with Gasteiger partial charge in [0.15, 0.2) is 0 Å². The molecule has 0 saturated heterocycles. The normalized spacial score (nSPS) is 13.3. The first-order chi connectivity index (χ1) is 20.9. The van der Waals surface area contributed by atoms with Crippen LogP contribution in [0.4, 0.5) is 0 Å². The fraction of sp³-hybridized carbons (Fsp3) is 0.0526. The summed E-state index contributed by atoms with van der Waals surface area (Å²) in [5, 5.41) is 40.0. The monoisotopic (exact) mass is 566 g/mol. The van der Waals surface area contributed by atoms with Crippen molar-refractivity contribution in [1.29, 1.82) is 21.0 Å². The Hall–Kier alpha value is -5.98. The molecule has 5 heteroatoms. The van der Waals surface area contributed by atoms with Crippen molar-refractivity contribution in [2.75, 3.05) is 0 Å². The van der Waals surface area contributed by atoms with Crippen molar-refractivity contribution in [3.8, 4) is 24.3 Å². The quantitative estimate of drug-likeness (QED) is 0.172. The minimum absolute atomic E-state index is 0.0557. The van der Waals surface area contributed by atoms with Gasteiger partial charge in [0.25, 0.3) is 0 Å². The van der Waals surface area contributed by atoms with Gasteiger partial charge in [-0.05, 0) is 79.2 Å². The van der Waals surface area contributed by atoms with Crippen molar-refractivity contribution in [3.05, 3.63) is 154 Å². The Labute approximate surface area is 253 Å². The van der Waals surface area contributed by atoms with E-state index in [1.54, 1.807) is 12.2 Å². The summed E-state index contributed by atoms with van der Waals surface area (Å²) in [7, 11) is -2.47. The second-order valence-corrected chi connectivity index (χ2v) is 14.9. The lowest BCUT2D eigenvalue weighted by Gasteiger charge is -2.27. The molecular formula is C38H26N4Si. The summed E-state index contributed by atoms with van der Waals surface area (Å²) >= 11 is 0. The Balaban J connectivity index is 1.86. The fourth-order valence-corrected chi connectivity index (χ4v) is 9.67. The first kappa shape index (κ1) is 28.5. The van der Waals surface area contributed by atoms with E-state index in [2.05, 4.69) is 85.9 Å². The minimum atomic E-state index is -2.47. The predicted octanol–water partition coefficient (Wildman–Crippen LogP) is 8.87. The second kappa shape index (κ2) is 12.3. The molecule has 5 rings (SSSR count). The summed E-state index contributed by atoms with van der Waals surface area (Å²) in [4.78, 5) is 0. The lowest BCUT2D eigenvalue weighted by Crippen LogP contribution is -2.28. The number of nitrogens with zero attached hydrogens (tertiary/aromatic N) is 4. The Kier molecular flexibility index (Phi) is 8.14. The predicted molar refractivity (Wildman–Crippen MR) is 175 cm³/mol. The van der Waals surface area contributed by atoms with E-state index >= 15 is 0 Å². The highest BCUT2D eigenvalue weighted by Crippen LogP contribution is 2.55. The van der Waals surface area contributed by atoms with Crippen LogP contribution in [-0.2, 0) is 0 Å². The van der Waals surface area contributed by atoms with Crippen LogP contribution in [0.2, 0.25) is 13.1 Å². The number of nitriles is 4. The van der Waals surface area contributed by atoms with E-state index in [4.69, 9.17) is 0 Å². The van der Waals surface area contributed by atoms with Gasteiger partial charge in [-0.25, -0.2) is 0 Å². The average Bonchev–Trinajstić information content (AvgIpc) is 3.30. The minimum Gasteiger partial charge on any atom is -0.192 e. The van der Waals surface area contributed by atoms with Crippen LogP contribution in [0.5, 0.6) is 0 Å². The summed E-state index contributed by atoms with van der Waals surface area (Å²) in [5.74, 6) is 0. The highest BCUT2D eigenvalue weighted by Gasteiger charge is 2.43. The molecule has 0 spiro atoms. The van der Waals surface area contributed by atoms with E-state index in [-0.39, 0.29) is 11.1 Å². The maximum Gasteiger partial charge on any atom is 0.130 e. The molecule has 0 bridgehead atoms. The molecule has 1 heterocycles. The average molecular weight is 567 g/mol. The standard InChI is InChI=1S/C38H26N4Si/c1-43(2)37(33-17-9-11-27(21-33)19-29(23-39)24-40)35(31-13-5-3-6-14-31)36(32-15-7-4-8-16-32)38(43)34-18-10-12-28(22-34)20-30(25-41)26-42/h3-22H,1-2H3. The van der Waals surface area contributed by atoms with Gasteiger partial charge >= 0.3 is 0 Å². The summed E-state index contributed by atoms with van der Waals surface area (Å²) in [6.45, 7) is 4.71. The Morgan fingerprint density at radius 2 is 0.837 bits per heavy atom. The topological polar surface area (TPSA) is 95.2 Å². The molecule has 4 aromatic carbocycles. The van der Waals surface area contributed by atoms with Gasteiger partial charge in [-0.3, -0.25) is 0 Å². The molecule has 4 nitrogen and oxygen atoms in total. The maximum absolute atomic E-state index is 9.38. The lowest BCUT2D eigenvalue weighted by molar-refractivity contribution is 1.47. The van der Waals surface area contributed by atoms with Gasteiger partial charge in [0.1, 0.15) is 43.5 Å². The van der Waals surface area contributed by atoms with E-state index in [0.717, 1.165) is 44.5 Å². The highest BCUT2D eigenvalue weighted by atomic mass is 28.3. The lowest BCUT2D eigenvalue weighted by atomic mass is 9.89. The molecular weight excluding hydrogens is 541 g/mol. The van der Waals surface area contributed by atoms with Crippen molar-refractivity contribution >= 4 is 41.8 Å². The highest BCUT2D eigenvalue weighted by molar-refractivity contribution is 7.13. The van der Waals surface area contributed by atoms with Crippen LogP contribution in [0.1, 0.15) is 33.4 Å². The molecule has 0 atom stereocenters. The molecule has 43 heavy (non-hydrogen) atoms. The molecule has 0 radical (unpaired) electrons. The van der Waals surface area contributed by atoms with Crippen molar-refractivity contribution in [3.63, 3.8) is 0 Å². The van der Waals surface area contributed by atoms with Crippen LogP contribution in [0, 0.1) is 45.3 Å². The molecule has 0 fully saturated rings. The van der Waals surface area contributed by atoms with Gasteiger partial charge in [0, 0.05) is 0 Å². The van der Waals surface area contributed by atoms with Gasteiger partial charge in [-0.2, -0.15) is 21.0 Å². The molecule has 4 aromatic rings. The van der Waals surface area contributed by atoms with Crippen LogP contribution >= 0.6 is 0 Å². The second-order valence-electron chi connectivity index (χ2n) is 10.7. The van der Waals surface area contributed by atoms with E-state index < -0.39 is 8.07 Å². The molecule has 0 N–H and O–H groups in total. The van der Waals surface area contributed by atoms with E-state index in [1.807, 2.05) is 60.7 Å². The molecule has 0 unspecified atom stereocenters. The van der Waals surface area contributed by atoms with E-state index in [0.29, 0.717) is 0 Å². The maximum atomic E-state index is 9.38. The molecule has 0 saturated carbocycles. The van der Waals surface area contributed by atoms with Gasteiger partial charge in [-0.15, -0.1) is 0 Å². The van der Waals surface area contributed by atoms with Crippen LogP contribution in [-0.4, -0.2) is 8.07 Å². The molecule has 1 aliphatic rings. The van der Waals surface area contributed by atoms with Gasteiger partial charge in [-0.1, -0.05) is 110 Å². The van der Waals surface area contributed by atoms with Crippen LogP contribution in [0.3, 0.4) is 0 Å². The zero-order valence-electron chi connectivity index (χ0n) is 23.8. The van der Waals surface area contributed by atoms with Crippen LogP contribution in [0.25, 0.3) is 33.7 Å². The number of hydrogen-bond donors (Lipinski definition) is 0. The summed E-state index contributed by atoms with van der Waals surface area (Å²) < 4.78 is 0. The SMILES string of the molecule is C[Si]1(C)C(c2cccc(C=C(C#N)C#N)c2)=C(c2ccccc2)C(c2ccccc2)=C1c1cccc(C=C(C#N)C#N)c1. The fourth-order valence-electron chi connectivity index (χ4n) is 5.88. The molecule has 0 aromatic heterocycles. The largest absolute Gasteiger partial charge is 0.192 e. The van der Waals surface area contributed by atoms with Gasteiger partial charge < -0.3 is 0 Å². The third-order valence-electron chi connectivity index (χ3n) is 7.58.